The molecule has 134 valence electrons. The Morgan fingerprint density at radius 2 is 2.19 bits per heavy atom. The number of H-pyrrole nitrogens is 2. The van der Waals surface area contributed by atoms with E-state index in [-0.39, 0.29) is 12.1 Å². The van der Waals surface area contributed by atoms with Crippen LogP contribution in [0.2, 0.25) is 0 Å². The van der Waals surface area contributed by atoms with Crippen molar-refractivity contribution in [1.82, 2.24) is 30.7 Å². The van der Waals surface area contributed by atoms with E-state index in [4.69, 9.17) is 9.72 Å². The third kappa shape index (κ3) is 2.66. The Morgan fingerprint density at radius 3 is 2.88 bits per heavy atom. The van der Waals surface area contributed by atoms with Gasteiger partial charge in [-0.2, -0.15) is 15.5 Å². The molecule has 0 amide bonds. The van der Waals surface area contributed by atoms with Crippen molar-refractivity contribution >= 4 is 11.0 Å². The number of fused-ring (bicyclic) bond motifs is 1. The molecule has 0 saturated carbocycles. The van der Waals surface area contributed by atoms with Crippen LogP contribution in [0.5, 0.6) is 0 Å². The van der Waals surface area contributed by atoms with Crippen molar-refractivity contribution in [3.05, 3.63) is 29.6 Å². The average molecular weight is 351 g/mol. The van der Waals surface area contributed by atoms with Crippen molar-refractivity contribution in [3.63, 3.8) is 0 Å². The standard InChI is InChI=1S/C18H21N7O/c1-10-17(26-7-6-20-10)13-8-11(18(2,3)9-19)14-16(22-13)15(25-24-14)12-4-5-21-23-12/h4-5,8,10,17,20H,6-7H2,1-3H3,(H,21,23)(H,24,25)/t10?,17-/m1/s1. The number of aromatic amines is 2. The molecule has 0 bridgehead atoms. The highest BCUT2D eigenvalue weighted by molar-refractivity contribution is 5.91. The molecule has 3 aromatic rings. The monoisotopic (exact) mass is 351 g/mol. The lowest BCUT2D eigenvalue weighted by molar-refractivity contribution is -0.00268. The molecule has 1 fully saturated rings. The van der Waals surface area contributed by atoms with E-state index in [2.05, 4.69) is 38.7 Å². The van der Waals surface area contributed by atoms with Crippen LogP contribution in [0.25, 0.3) is 22.4 Å². The van der Waals surface area contributed by atoms with Crippen molar-refractivity contribution in [1.29, 1.82) is 5.26 Å². The van der Waals surface area contributed by atoms with Gasteiger partial charge in [-0.3, -0.25) is 10.2 Å². The molecule has 1 aliphatic heterocycles. The van der Waals surface area contributed by atoms with Gasteiger partial charge in [-0.15, -0.1) is 0 Å². The number of nitrogens with one attached hydrogen (secondary N) is 3. The molecule has 4 heterocycles. The first kappa shape index (κ1) is 16.7. The van der Waals surface area contributed by atoms with Gasteiger partial charge in [-0.1, -0.05) is 0 Å². The Kier molecular flexibility index (Phi) is 3.98. The molecular formula is C18H21N7O. The summed E-state index contributed by atoms with van der Waals surface area (Å²) in [5, 5.41) is 27.6. The molecule has 3 N–H and O–H groups in total. The Morgan fingerprint density at radius 1 is 1.35 bits per heavy atom. The van der Waals surface area contributed by atoms with Crippen LogP contribution in [-0.4, -0.2) is 44.6 Å². The Balaban J connectivity index is 1.96. The molecule has 26 heavy (non-hydrogen) atoms. The van der Waals surface area contributed by atoms with Crippen LogP contribution < -0.4 is 5.32 Å². The smallest absolute Gasteiger partial charge is 0.139 e. The number of ether oxygens (including phenoxy) is 1. The summed E-state index contributed by atoms with van der Waals surface area (Å²) in [6.45, 7) is 7.31. The normalized spacial score (nSPS) is 21.0. The maximum Gasteiger partial charge on any atom is 0.139 e. The van der Waals surface area contributed by atoms with Crippen LogP contribution >= 0.6 is 0 Å². The molecule has 0 radical (unpaired) electrons. The number of hydrogen-bond acceptors (Lipinski definition) is 6. The van der Waals surface area contributed by atoms with Crippen molar-refractivity contribution in [2.45, 2.75) is 38.3 Å². The second-order valence-corrected chi connectivity index (χ2v) is 7.12. The van der Waals surface area contributed by atoms with Crippen LogP contribution in [0.15, 0.2) is 18.3 Å². The molecule has 0 aromatic carbocycles. The predicted octanol–water partition coefficient (Wildman–Crippen LogP) is 2.20. The van der Waals surface area contributed by atoms with Crippen LogP contribution in [0.4, 0.5) is 0 Å². The molecule has 8 nitrogen and oxygen atoms in total. The first-order valence-corrected chi connectivity index (χ1v) is 8.67. The molecule has 2 atom stereocenters. The highest BCUT2D eigenvalue weighted by Gasteiger charge is 2.31. The number of aromatic nitrogens is 5. The minimum absolute atomic E-state index is 0.132. The zero-order valence-electron chi connectivity index (χ0n) is 15.0. The second-order valence-electron chi connectivity index (χ2n) is 7.12. The zero-order chi connectivity index (χ0) is 18.3. The molecule has 1 unspecified atom stereocenters. The lowest BCUT2D eigenvalue weighted by Crippen LogP contribution is -2.41. The maximum absolute atomic E-state index is 9.69. The van der Waals surface area contributed by atoms with E-state index in [0.29, 0.717) is 23.5 Å². The van der Waals surface area contributed by atoms with Gasteiger partial charge in [0.1, 0.15) is 23.0 Å². The molecule has 8 heteroatoms. The molecule has 1 saturated heterocycles. The number of pyridine rings is 1. The third-order valence-corrected chi connectivity index (χ3v) is 4.85. The van der Waals surface area contributed by atoms with Gasteiger partial charge in [0, 0.05) is 24.3 Å². The van der Waals surface area contributed by atoms with Gasteiger partial charge in [0.2, 0.25) is 0 Å². The van der Waals surface area contributed by atoms with Crippen molar-refractivity contribution < 1.29 is 4.74 Å². The van der Waals surface area contributed by atoms with Crippen LogP contribution in [0.3, 0.4) is 0 Å². The number of nitrogens with zero attached hydrogens (tertiary/aromatic N) is 4. The van der Waals surface area contributed by atoms with Crippen LogP contribution in [0, 0.1) is 11.3 Å². The fraction of sp³-hybridized carbons (Fsp3) is 0.444. The predicted molar refractivity (Wildman–Crippen MR) is 96.3 cm³/mol. The summed E-state index contributed by atoms with van der Waals surface area (Å²) >= 11 is 0. The van der Waals surface area contributed by atoms with Gasteiger partial charge in [0.25, 0.3) is 0 Å². The molecule has 1 aliphatic rings. The van der Waals surface area contributed by atoms with E-state index >= 15 is 0 Å². The largest absolute Gasteiger partial charge is 0.369 e. The van der Waals surface area contributed by atoms with Crippen molar-refractivity contribution in [2.75, 3.05) is 13.2 Å². The van der Waals surface area contributed by atoms with Gasteiger partial charge < -0.3 is 10.1 Å². The Bertz CT molecular complexity index is 967. The minimum Gasteiger partial charge on any atom is -0.369 e. The lowest BCUT2D eigenvalue weighted by atomic mass is 9.84. The highest BCUT2D eigenvalue weighted by Crippen LogP contribution is 2.35. The highest BCUT2D eigenvalue weighted by atomic mass is 16.5. The van der Waals surface area contributed by atoms with Gasteiger partial charge >= 0.3 is 0 Å². The summed E-state index contributed by atoms with van der Waals surface area (Å²) in [4.78, 5) is 4.85. The van der Waals surface area contributed by atoms with E-state index in [1.54, 1.807) is 6.20 Å². The zero-order valence-corrected chi connectivity index (χ0v) is 15.0. The fourth-order valence-electron chi connectivity index (χ4n) is 3.35. The number of nitriles is 1. The molecule has 0 aliphatic carbocycles. The van der Waals surface area contributed by atoms with Crippen molar-refractivity contribution in [3.8, 4) is 17.5 Å². The molecule has 4 rings (SSSR count). The third-order valence-electron chi connectivity index (χ3n) is 4.85. The summed E-state index contributed by atoms with van der Waals surface area (Å²) in [6.07, 6.45) is 1.57. The SMILES string of the molecule is CC1NCCO[C@H]1c1cc(C(C)(C)C#N)c2[nH]nc(-c3cc[nH]n3)c2n1. The van der Waals surface area contributed by atoms with Gasteiger partial charge in [0.15, 0.2) is 0 Å². The van der Waals surface area contributed by atoms with Crippen molar-refractivity contribution in [2.24, 2.45) is 0 Å². The summed E-state index contributed by atoms with van der Waals surface area (Å²) in [6, 6.07) is 6.33. The Hall–Kier alpha value is -2.76. The van der Waals surface area contributed by atoms with E-state index in [0.717, 1.165) is 23.3 Å². The van der Waals surface area contributed by atoms with E-state index in [1.807, 2.05) is 26.0 Å². The number of morpholine rings is 1. The van der Waals surface area contributed by atoms with Crippen LogP contribution in [0.1, 0.15) is 38.1 Å². The van der Waals surface area contributed by atoms with Gasteiger partial charge in [0.05, 0.1) is 29.3 Å². The van der Waals surface area contributed by atoms with E-state index in [9.17, 15) is 5.26 Å². The summed E-state index contributed by atoms with van der Waals surface area (Å²) in [7, 11) is 0. The van der Waals surface area contributed by atoms with E-state index in [1.165, 1.54) is 0 Å². The first-order chi connectivity index (χ1) is 12.5. The summed E-state index contributed by atoms with van der Waals surface area (Å²) < 4.78 is 5.97. The number of hydrogen-bond donors (Lipinski definition) is 3. The molecular weight excluding hydrogens is 330 g/mol. The van der Waals surface area contributed by atoms with E-state index < -0.39 is 5.41 Å². The van der Waals surface area contributed by atoms with Gasteiger partial charge in [-0.25, -0.2) is 4.98 Å². The van der Waals surface area contributed by atoms with Crippen LogP contribution in [-0.2, 0) is 10.2 Å². The molecule has 3 aromatic heterocycles. The lowest BCUT2D eigenvalue weighted by Gasteiger charge is -2.30. The Labute approximate surface area is 151 Å². The topological polar surface area (TPSA) is 115 Å². The molecule has 0 spiro atoms. The second kappa shape index (κ2) is 6.20. The first-order valence-electron chi connectivity index (χ1n) is 8.67. The minimum atomic E-state index is -0.698. The average Bonchev–Trinajstić information content (AvgIpc) is 3.30. The fourth-order valence-corrected chi connectivity index (χ4v) is 3.35. The maximum atomic E-state index is 9.69. The van der Waals surface area contributed by atoms with Gasteiger partial charge in [-0.05, 0) is 32.9 Å². The summed E-state index contributed by atoms with van der Waals surface area (Å²) in [5.74, 6) is 0. The summed E-state index contributed by atoms with van der Waals surface area (Å²) in [5.41, 5.74) is 3.79. The quantitative estimate of drug-likeness (QED) is 0.666. The number of rotatable bonds is 3.